The lowest BCUT2D eigenvalue weighted by Gasteiger charge is -2.32. The van der Waals surface area contributed by atoms with Crippen LogP contribution >= 0.6 is 0 Å². The highest BCUT2D eigenvalue weighted by molar-refractivity contribution is 6.94. The van der Waals surface area contributed by atoms with E-state index in [1.54, 1.807) is 0 Å². The lowest BCUT2D eigenvalue weighted by molar-refractivity contribution is 0.00578. The van der Waals surface area contributed by atoms with E-state index >= 15 is 0 Å². The van der Waals surface area contributed by atoms with Crippen molar-refractivity contribution in [1.29, 1.82) is 5.26 Å². The summed E-state index contributed by atoms with van der Waals surface area (Å²) in [5, 5.41) is 10.2. The molecule has 3 nitrogen and oxygen atoms in total. The molecule has 0 spiro atoms. The average molecular weight is 369 g/mol. The van der Waals surface area contributed by atoms with Gasteiger partial charge in [0.2, 0.25) is 0 Å². The van der Waals surface area contributed by atoms with Gasteiger partial charge in [0, 0.05) is 6.42 Å². The highest BCUT2D eigenvalue weighted by Gasteiger charge is 2.52. The van der Waals surface area contributed by atoms with E-state index in [2.05, 4.69) is 82.9 Å². The summed E-state index contributed by atoms with van der Waals surface area (Å²) in [7, 11) is -2.05. The van der Waals surface area contributed by atoms with E-state index in [0.29, 0.717) is 6.42 Å². The highest BCUT2D eigenvalue weighted by Crippen LogP contribution is 2.39. The summed E-state index contributed by atoms with van der Waals surface area (Å²) in [6.45, 7) is 13.1. The van der Waals surface area contributed by atoms with Gasteiger partial charge in [0.05, 0.1) is 17.3 Å². The number of nitrogens with zero attached hydrogens (tertiary/aromatic N) is 1. The van der Waals surface area contributed by atoms with Gasteiger partial charge in [-0.1, -0.05) is 54.3 Å². The fraction of sp³-hybridized carbons (Fsp3) is 0.571. The molecular weight excluding hydrogens is 337 g/mol. The SMILES string of the molecule is CC1(C)OB(/C(=C\[Si](C)(C)c2ccccc2)CCCCC#N)OC1(C)C. The van der Waals surface area contributed by atoms with Crippen molar-refractivity contribution >= 4 is 20.4 Å². The third-order valence-electron chi connectivity index (χ3n) is 5.62. The highest BCUT2D eigenvalue weighted by atomic mass is 28.3. The van der Waals surface area contributed by atoms with Gasteiger partial charge in [0.15, 0.2) is 0 Å². The summed E-state index contributed by atoms with van der Waals surface area (Å²) in [6.07, 6.45) is 3.43. The number of rotatable bonds is 7. The van der Waals surface area contributed by atoms with Crippen LogP contribution in [0.15, 0.2) is 41.5 Å². The van der Waals surface area contributed by atoms with Crippen LogP contribution in [-0.2, 0) is 9.31 Å². The molecule has 0 aromatic heterocycles. The van der Waals surface area contributed by atoms with Crippen LogP contribution in [0, 0.1) is 11.3 Å². The van der Waals surface area contributed by atoms with Gasteiger partial charge < -0.3 is 9.31 Å². The molecule has 2 rings (SSSR count). The molecule has 5 heteroatoms. The van der Waals surface area contributed by atoms with Crippen LogP contribution in [0.2, 0.25) is 13.1 Å². The van der Waals surface area contributed by atoms with Crippen molar-refractivity contribution in [3.8, 4) is 6.07 Å². The third-order valence-corrected chi connectivity index (χ3v) is 8.54. The lowest BCUT2D eigenvalue weighted by atomic mass is 9.76. The van der Waals surface area contributed by atoms with Gasteiger partial charge in [-0.2, -0.15) is 5.26 Å². The Hall–Kier alpha value is -1.35. The van der Waals surface area contributed by atoms with Gasteiger partial charge in [-0.15, -0.1) is 0 Å². The van der Waals surface area contributed by atoms with Crippen molar-refractivity contribution in [2.45, 2.75) is 77.7 Å². The van der Waals surface area contributed by atoms with E-state index in [9.17, 15) is 0 Å². The molecule has 1 saturated heterocycles. The summed E-state index contributed by atoms with van der Waals surface area (Å²) < 4.78 is 12.7. The van der Waals surface area contributed by atoms with Crippen LogP contribution < -0.4 is 5.19 Å². The van der Waals surface area contributed by atoms with Gasteiger partial charge in [0.1, 0.15) is 8.07 Å². The molecule has 1 aliphatic heterocycles. The molecule has 1 aromatic carbocycles. The van der Waals surface area contributed by atoms with Crippen molar-refractivity contribution in [3.05, 3.63) is 41.5 Å². The quantitative estimate of drug-likeness (QED) is 0.513. The zero-order chi connectivity index (χ0) is 19.4. The molecule has 1 aliphatic rings. The minimum absolute atomic E-state index is 0.294. The summed E-state index contributed by atoms with van der Waals surface area (Å²) in [4.78, 5) is 0. The zero-order valence-electron chi connectivity index (χ0n) is 17.1. The van der Waals surface area contributed by atoms with Crippen LogP contribution in [0.4, 0.5) is 0 Å². The monoisotopic (exact) mass is 369 g/mol. The molecule has 1 fully saturated rings. The number of hydrogen-bond acceptors (Lipinski definition) is 3. The summed E-state index contributed by atoms with van der Waals surface area (Å²) in [6, 6.07) is 13.0. The average Bonchev–Trinajstić information content (AvgIpc) is 2.79. The Morgan fingerprint density at radius 3 is 2.19 bits per heavy atom. The van der Waals surface area contributed by atoms with E-state index in [-0.39, 0.29) is 18.3 Å². The Morgan fingerprint density at radius 2 is 1.65 bits per heavy atom. The first kappa shape index (κ1) is 21.0. The molecule has 0 aliphatic carbocycles. The predicted molar refractivity (Wildman–Crippen MR) is 112 cm³/mol. The maximum Gasteiger partial charge on any atom is 0.489 e. The van der Waals surface area contributed by atoms with Crippen LogP contribution in [0.25, 0.3) is 0 Å². The summed E-state index contributed by atoms with van der Waals surface area (Å²) >= 11 is 0. The first-order chi connectivity index (χ1) is 12.1. The molecule has 0 saturated carbocycles. The fourth-order valence-corrected chi connectivity index (χ4v) is 5.63. The molecule has 0 N–H and O–H groups in total. The Morgan fingerprint density at radius 1 is 1.08 bits per heavy atom. The van der Waals surface area contributed by atoms with E-state index in [1.807, 2.05) is 0 Å². The molecular formula is C21H32BNO2Si. The number of hydrogen-bond donors (Lipinski definition) is 0. The van der Waals surface area contributed by atoms with Crippen molar-refractivity contribution in [3.63, 3.8) is 0 Å². The normalized spacial score (nSPS) is 19.4. The Balaban J connectivity index is 2.28. The molecule has 140 valence electrons. The first-order valence-corrected chi connectivity index (χ1v) is 12.7. The largest absolute Gasteiger partial charge is 0.489 e. The maximum absolute atomic E-state index is 8.81. The van der Waals surface area contributed by atoms with Crippen molar-refractivity contribution < 1.29 is 9.31 Å². The Labute approximate surface area is 160 Å². The third kappa shape index (κ3) is 4.88. The number of unbranched alkanes of at least 4 members (excludes halogenated alkanes) is 2. The van der Waals surface area contributed by atoms with E-state index in [1.165, 1.54) is 10.7 Å². The smallest absolute Gasteiger partial charge is 0.400 e. The van der Waals surface area contributed by atoms with Crippen LogP contribution in [0.5, 0.6) is 0 Å². The van der Waals surface area contributed by atoms with E-state index in [0.717, 1.165) is 19.3 Å². The molecule has 0 unspecified atom stereocenters. The van der Waals surface area contributed by atoms with Gasteiger partial charge in [0.25, 0.3) is 0 Å². The molecule has 1 aromatic rings. The standard InChI is InChI=1S/C21H32BNO2Si/c1-20(2)21(3,4)25-22(24-20)18(13-9-8-12-16-23)17-26(5,6)19-14-10-7-11-15-19/h7,10-11,14-15,17H,8-9,12-13H2,1-6H3/b18-17-. The number of nitriles is 1. The summed E-state index contributed by atoms with van der Waals surface area (Å²) in [5.74, 6) is 0. The van der Waals surface area contributed by atoms with E-state index < -0.39 is 8.07 Å². The van der Waals surface area contributed by atoms with Crippen LogP contribution in [0.3, 0.4) is 0 Å². The Bertz CT molecular complexity index is 661. The molecule has 0 bridgehead atoms. The zero-order valence-corrected chi connectivity index (χ0v) is 18.1. The maximum atomic E-state index is 8.81. The molecule has 0 radical (unpaired) electrons. The topological polar surface area (TPSA) is 42.2 Å². The lowest BCUT2D eigenvalue weighted by Crippen LogP contribution is -2.41. The molecule has 1 heterocycles. The van der Waals surface area contributed by atoms with Crippen LogP contribution in [-0.4, -0.2) is 26.4 Å². The number of benzene rings is 1. The van der Waals surface area contributed by atoms with Gasteiger partial charge in [-0.3, -0.25) is 0 Å². The van der Waals surface area contributed by atoms with Gasteiger partial charge in [-0.25, -0.2) is 0 Å². The molecule has 0 amide bonds. The minimum Gasteiger partial charge on any atom is -0.400 e. The number of allylic oxidation sites excluding steroid dienone is 1. The van der Waals surface area contributed by atoms with Gasteiger partial charge in [-0.05, 0) is 52.4 Å². The van der Waals surface area contributed by atoms with E-state index in [4.69, 9.17) is 14.6 Å². The van der Waals surface area contributed by atoms with Crippen molar-refractivity contribution in [1.82, 2.24) is 0 Å². The second kappa shape index (κ2) is 8.12. The summed E-state index contributed by atoms with van der Waals surface area (Å²) in [5.41, 5.74) is 3.02. The fourth-order valence-electron chi connectivity index (χ4n) is 3.20. The van der Waals surface area contributed by atoms with Crippen LogP contribution in [0.1, 0.15) is 53.4 Å². The van der Waals surface area contributed by atoms with Gasteiger partial charge >= 0.3 is 7.12 Å². The molecule has 0 atom stereocenters. The second-order valence-electron chi connectivity index (χ2n) is 8.76. The van der Waals surface area contributed by atoms with Crippen molar-refractivity contribution in [2.24, 2.45) is 0 Å². The second-order valence-corrected chi connectivity index (χ2v) is 13.1. The van der Waals surface area contributed by atoms with Crippen molar-refractivity contribution in [2.75, 3.05) is 0 Å². The predicted octanol–water partition coefficient (Wildman–Crippen LogP) is 4.78. The Kier molecular flexibility index (Phi) is 6.55. The first-order valence-electron chi connectivity index (χ1n) is 9.59. The molecule has 26 heavy (non-hydrogen) atoms. The minimum atomic E-state index is -1.76.